The minimum Gasteiger partial charge on any atom is -0.497 e. The third kappa shape index (κ3) is 1.39. The van der Waals surface area contributed by atoms with Crippen molar-refractivity contribution in [2.75, 3.05) is 7.11 Å². The molecule has 3 rings (SSSR count). The molecule has 0 amide bonds. The van der Waals surface area contributed by atoms with Crippen LogP contribution in [0.2, 0.25) is 0 Å². The molecule has 0 bridgehead atoms. The summed E-state index contributed by atoms with van der Waals surface area (Å²) < 4.78 is 5.23. The van der Waals surface area contributed by atoms with Gasteiger partial charge in [0.05, 0.1) is 13.2 Å². The van der Waals surface area contributed by atoms with E-state index in [1.54, 1.807) is 7.11 Å². The minimum absolute atomic E-state index is 0.197. The van der Waals surface area contributed by atoms with Gasteiger partial charge in [-0.1, -0.05) is 0 Å². The second-order valence-corrected chi connectivity index (χ2v) is 4.39. The number of rotatable bonds is 1. The van der Waals surface area contributed by atoms with Crippen LogP contribution in [-0.2, 0) is 12.8 Å². The third-order valence-corrected chi connectivity index (χ3v) is 3.37. The fourth-order valence-electron chi connectivity index (χ4n) is 2.50. The fourth-order valence-corrected chi connectivity index (χ4v) is 2.50. The molecule has 3 heteroatoms. The maximum Gasteiger partial charge on any atom is 0.119 e. The summed E-state index contributed by atoms with van der Waals surface area (Å²) in [7, 11) is 1.68. The van der Waals surface area contributed by atoms with Crippen LogP contribution in [0.1, 0.15) is 17.7 Å². The van der Waals surface area contributed by atoms with Gasteiger partial charge >= 0.3 is 0 Å². The topological polar surface area (TPSA) is 45.2 Å². The smallest absolute Gasteiger partial charge is 0.119 e. The summed E-state index contributed by atoms with van der Waals surface area (Å²) in [5.74, 6) is 0.870. The predicted octanol–water partition coefficient (Wildman–Crippen LogP) is 2.03. The van der Waals surface area contributed by atoms with Gasteiger partial charge in [0.1, 0.15) is 5.75 Å². The number of fused-ring (bicyclic) bond motifs is 3. The lowest BCUT2D eigenvalue weighted by atomic mass is 9.93. The van der Waals surface area contributed by atoms with Gasteiger partial charge in [0.25, 0.3) is 0 Å². The molecule has 1 aliphatic carbocycles. The monoisotopic (exact) mass is 217 g/mol. The highest BCUT2D eigenvalue weighted by molar-refractivity contribution is 5.86. The Morgan fingerprint density at radius 1 is 1.44 bits per heavy atom. The fraction of sp³-hybridized carbons (Fsp3) is 0.385. The number of hydrogen-bond donors (Lipinski definition) is 2. The van der Waals surface area contributed by atoms with Crippen LogP contribution < -0.4 is 4.74 Å². The first-order valence-electron chi connectivity index (χ1n) is 5.63. The number of H-pyrrole nitrogens is 1. The summed E-state index contributed by atoms with van der Waals surface area (Å²) in [6, 6.07) is 6.04. The molecule has 0 aliphatic heterocycles. The average Bonchev–Trinajstić information content (AvgIpc) is 2.66. The predicted molar refractivity (Wildman–Crippen MR) is 62.9 cm³/mol. The quantitative estimate of drug-likeness (QED) is 0.767. The minimum atomic E-state index is -0.197. The van der Waals surface area contributed by atoms with E-state index in [0.29, 0.717) is 0 Å². The highest BCUT2D eigenvalue weighted by Crippen LogP contribution is 2.31. The Morgan fingerprint density at radius 2 is 2.31 bits per heavy atom. The van der Waals surface area contributed by atoms with Gasteiger partial charge in [0.2, 0.25) is 0 Å². The number of hydrogen-bond acceptors (Lipinski definition) is 2. The van der Waals surface area contributed by atoms with Crippen molar-refractivity contribution < 1.29 is 9.84 Å². The molecule has 0 saturated carbocycles. The van der Waals surface area contributed by atoms with Crippen LogP contribution in [0.4, 0.5) is 0 Å². The van der Waals surface area contributed by atoms with Crippen molar-refractivity contribution in [2.24, 2.45) is 0 Å². The number of aromatic nitrogens is 1. The number of aromatic amines is 1. The lowest BCUT2D eigenvalue weighted by molar-refractivity contribution is 0.158. The largest absolute Gasteiger partial charge is 0.497 e. The molecule has 0 saturated heterocycles. The molecule has 1 heterocycles. The molecule has 3 nitrogen and oxygen atoms in total. The van der Waals surface area contributed by atoms with Crippen molar-refractivity contribution >= 4 is 10.9 Å². The van der Waals surface area contributed by atoms with Crippen LogP contribution in [-0.4, -0.2) is 23.3 Å². The summed E-state index contributed by atoms with van der Waals surface area (Å²) in [4.78, 5) is 3.42. The maximum absolute atomic E-state index is 9.72. The Balaban J connectivity index is 2.20. The Morgan fingerprint density at radius 3 is 3.12 bits per heavy atom. The van der Waals surface area contributed by atoms with Gasteiger partial charge in [0.15, 0.2) is 0 Å². The molecular weight excluding hydrogens is 202 g/mol. The molecule has 0 radical (unpaired) electrons. The van der Waals surface area contributed by atoms with E-state index in [2.05, 4.69) is 4.98 Å². The van der Waals surface area contributed by atoms with E-state index in [0.717, 1.165) is 30.5 Å². The highest BCUT2D eigenvalue weighted by atomic mass is 16.5. The summed E-state index contributed by atoms with van der Waals surface area (Å²) >= 11 is 0. The van der Waals surface area contributed by atoms with E-state index in [-0.39, 0.29) is 6.10 Å². The molecule has 16 heavy (non-hydrogen) atoms. The summed E-state index contributed by atoms with van der Waals surface area (Å²) in [5, 5.41) is 10.9. The molecule has 1 aliphatic rings. The third-order valence-electron chi connectivity index (χ3n) is 3.37. The first kappa shape index (κ1) is 9.73. The van der Waals surface area contributed by atoms with Crippen LogP contribution in [0.15, 0.2) is 18.2 Å². The standard InChI is InChI=1S/C13H15NO2/c1-16-9-3-5-13-11(7-9)10-6-8(15)2-4-12(10)14-13/h3,5,7-8,14-15H,2,4,6H2,1H3/t8-/m0/s1. The Bertz CT molecular complexity index is 530. The van der Waals surface area contributed by atoms with Gasteiger partial charge in [0, 0.05) is 23.0 Å². The highest BCUT2D eigenvalue weighted by Gasteiger charge is 2.20. The van der Waals surface area contributed by atoms with Crippen LogP contribution in [0.25, 0.3) is 10.9 Å². The van der Waals surface area contributed by atoms with E-state index < -0.39 is 0 Å². The van der Waals surface area contributed by atoms with Gasteiger partial charge in [-0.2, -0.15) is 0 Å². The van der Waals surface area contributed by atoms with Gasteiger partial charge < -0.3 is 14.8 Å². The zero-order chi connectivity index (χ0) is 11.1. The Labute approximate surface area is 94.0 Å². The summed E-state index contributed by atoms with van der Waals surface area (Å²) in [5.41, 5.74) is 3.67. The summed E-state index contributed by atoms with van der Waals surface area (Å²) in [6.45, 7) is 0. The molecule has 2 aromatic rings. The van der Waals surface area contributed by atoms with Crippen LogP contribution in [0.3, 0.4) is 0 Å². The summed E-state index contributed by atoms with van der Waals surface area (Å²) in [6.07, 6.45) is 2.35. The SMILES string of the molecule is COc1ccc2[nH]c3c(c2c1)C[C@@H](O)CC3. The zero-order valence-corrected chi connectivity index (χ0v) is 9.29. The van der Waals surface area contributed by atoms with Crippen molar-refractivity contribution in [1.29, 1.82) is 0 Å². The molecule has 0 spiro atoms. The van der Waals surface area contributed by atoms with Crippen LogP contribution >= 0.6 is 0 Å². The molecule has 1 aromatic carbocycles. The number of nitrogens with one attached hydrogen (secondary N) is 1. The Hall–Kier alpha value is -1.48. The van der Waals surface area contributed by atoms with Gasteiger partial charge in [-0.25, -0.2) is 0 Å². The van der Waals surface area contributed by atoms with Crippen LogP contribution in [0.5, 0.6) is 5.75 Å². The Kier molecular flexibility index (Phi) is 2.14. The van der Waals surface area contributed by atoms with Gasteiger partial charge in [-0.3, -0.25) is 0 Å². The van der Waals surface area contributed by atoms with E-state index in [1.807, 2.05) is 18.2 Å². The number of benzene rings is 1. The second kappa shape index (κ2) is 3.52. The van der Waals surface area contributed by atoms with E-state index in [9.17, 15) is 5.11 Å². The molecule has 2 N–H and O–H groups in total. The molecule has 0 unspecified atom stereocenters. The molecular formula is C13H15NO2. The molecule has 84 valence electrons. The average molecular weight is 217 g/mol. The molecule has 1 atom stereocenters. The normalized spacial score (nSPS) is 19.8. The van der Waals surface area contributed by atoms with E-state index in [4.69, 9.17) is 4.74 Å². The number of ether oxygens (including phenoxy) is 1. The number of methoxy groups -OCH3 is 1. The molecule has 0 fully saturated rings. The van der Waals surface area contributed by atoms with Gasteiger partial charge in [-0.15, -0.1) is 0 Å². The maximum atomic E-state index is 9.72. The number of aryl methyl sites for hydroxylation is 1. The lowest BCUT2D eigenvalue weighted by Gasteiger charge is -2.17. The lowest BCUT2D eigenvalue weighted by Crippen LogP contribution is -2.17. The number of aliphatic hydroxyl groups is 1. The van der Waals surface area contributed by atoms with Crippen molar-refractivity contribution in [3.8, 4) is 5.75 Å². The van der Waals surface area contributed by atoms with E-state index in [1.165, 1.54) is 16.6 Å². The van der Waals surface area contributed by atoms with Crippen molar-refractivity contribution in [3.05, 3.63) is 29.5 Å². The first-order chi connectivity index (χ1) is 7.78. The van der Waals surface area contributed by atoms with Crippen molar-refractivity contribution in [1.82, 2.24) is 4.98 Å². The van der Waals surface area contributed by atoms with Crippen molar-refractivity contribution in [3.63, 3.8) is 0 Å². The second-order valence-electron chi connectivity index (χ2n) is 4.39. The molecule has 1 aromatic heterocycles. The van der Waals surface area contributed by atoms with Crippen LogP contribution in [0, 0.1) is 0 Å². The first-order valence-corrected chi connectivity index (χ1v) is 5.63. The van der Waals surface area contributed by atoms with Crippen molar-refractivity contribution in [2.45, 2.75) is 25.4 Å². The zero-order valence-electron chi connectivity index (χ0n) is 9.29. The number of aliphatic hydroxyl groups excluding tert-OH is 1. The van der Waals surface area contributed by atoms with Gasteiger partial charge in [-0.05, 0) is 36.6 Å². The van der Waals surface area contributed by atoms with E-state index >= 15 is 0 Å².